The summed E-state index contributed by atoms with van der Waals surface area (Å²) < 4.78 is 12.6. The van der Waals surface area contributed by atoms with Crippen molar-refractivity contribution >= 4 is 17.7 Å². The molecule has 0 radical (unpaired) electrons. The number of carboxylic acids is 1. The maximum Gasteiger partial charge on any atom is 0.325 e. The van der Waals surface area contributed by atoms with Crippen LogP contribution in [0.4, 0.5) is 5.82 Å². The third-order valence-electron chi connectivity index (χ3n) is 3.29. The molecule has 1 aromatic carbocycles. The number of rotatable bonds is 4. The first kappa shape index (κ1) is 14.9. The Labute approximate surface area is 131 Å². The average molecular weight is 317 g/mol. The van der Waals surface area contributed by atoms with E-state index in [9.17, 15) is 9.59 Å². The number of aromatic nitrogens is 2. The number of hydrogen-bond donors (Lipinski definition) is 2. The van der Waals surface area contributed by atoms with Crippen LogP contribution in [-0.2, 0) is 16.1 Å². The van der Waals surface area contributed by atoms with Crippen molar-refractivity contribution in [1.29, 1.82) is 0 Å². The minimum atomic E-state index is -1.01. The number of fused-ring (bicyclic) bond motifs is 1. The predicted molar refractivity (Wildman–Crippen MR) is 79.4 cm³/mol. The van der Waals surface area contributed by atoms with Crippen LogP contribution in [0.25, 0.3) is 0 Å². The van der Waals surface area contributed by atoms with E-state index in [1.54, 1.807) is 25.1 Å². The average Bonchev–Trinajstić information content (AvgIpc) is 2.92. The lowest BCUT2D eigenvalue weighted by Gasteiger charge is -2.30. The van der Waals surface area contributed by atoms with E-state index in [-0.39, 0.29) is 12.4 Å². The summed E-state index contributed by atoms with van der Waals surface area (Å²) in [6.45, 7) is 1.46. The standard InChI is InChI=1S/C15H15N3O5/c1-9-14(23-11-5-3-2-4-10(11)22-9)15(21)16-12-6-7-18(17-12)8-13(19)20/h2-7,9,14H,8H2,1H3,(H,19,20)(H,16,17,21)/t9-,14+/m1/s1. The molecular weight excluding hydrogens is 302 g/mol. The molecule has 0 spiro atoms. The van der Waals surface area contributed by atoms with Gasteiger partial charge in [-0.05, 0) is 19.1 Å². The molecule has 2 atom stereocenters. The van der Waals surface area contributed by atoms with Gasteiger partial charge in [0.25, 0.3) is 5.91 Å². The van der Waals surface area contributed by atoms with Gasteiger partial charge in [0.1, 0.15) is 12.6 Å². The number of anilines is 1. The van der Waals surface area contributed by atoms with E-state index in [2.05, 4.69) is 10.4 Å². The lowest BCUT2D eigenvalue weighted by Crippen LogP contribution is -2.46. The maximum atomic E-state index is 12.3. The molecule has 1 aliphatic heterocycles. The first-order valence-corrected chi connectivity index (χ1v) is 7.01. The van der Waals surface area contributed by atoms with Gasteiger partial charge < -0.3 is 19.9 Å². The fourth-order valence-corrected chi connectivity index (χ4v) is 2.26. The summed E-state index contributed by atoms with van der Waals surface area (Å²) in [4.78, 5) is 23.0. The number of benzene rings is 1. The molecule has 8 nitrogen and oxygen atoms in total. The third kappa shape index (κ3) is 3.25. The Morgan fingerprint density at radius 2 is 1.96 bits per heavy atom. The smallest absolute Gasteiger partial charge is 0.325 e. The highest BCUT2D eigenvalue weighted by Crippen LogP contribution is 2.33. The fourth-order valence-electron chi connectivity index (χ4n) is 2.26. The summed E-state index contributed by atoms with van der Waals surface area (Å²) in [5.41, 5.74) is 0. The van der Waals surface area contributed by atoms with Crippen LogP contribution >= 0.6 is 0 Å². The first-order chi connectivity index (χ1) is 11.0. The molecule has 2 N–H and O–H groups in total. The van der Waals surface area contributed by atoms with Crippen LogP contribution in [0.5, 0.6) is 11.5 Å². The Kier molecular flexibility index (Phi) is 3.88. The molecule has 0 saturated carbocycles. The van der Waals surface area contributed by atoms with E-state index in [0.717, 1.165) is 0 Å². The molecule has 3 rings (SSSR count). The summed E-state index contributed by atoms with van der Waals surface area (Å²) >= 11 is 0. The van der Waals surface area contributed by atoms with Crippen LogP contribution in [-0.4, -0.2) is 39.0 Å². The lowest BCUT2D eigenvalue weighted by molar-refractivity contribution is -0.137. The number of ether oxygens (including phenoxy) is 2. The van der Waals surface area contributed by atoms with Crippen molar-refractivity contribution in [2.45, 2.75) is 25.7 Å². The van der Waals surface area contributed by atoms with E-state index >= 15 is 0 Å². The monoisotopic (exact) mass is 317 g/mol. The van der Waals surface area contributed by atoms with Gasteiger partial charge in [0.2, 0.25) is 6.10 Å². The Morgan fingerprint density at radius 1 is 1.26 bits per heavy atom. The number of aliphatic carboxylic acids is 1. The topological polar surface area (TPSA) is 103 Å². The van der Waals surface area contributed by atoms with E-state index in [0.29, 0.717) is 11.5 Å². The number of nitrogens with one attached hydrogen (secondary N) is 1. The number of nitrogens with zero attached hydrogens (tertiary/aromatic N) is 2. The molecule has 2 aromatic rings. The Morgan fingerprint density at radius 3 is 2.65 bits per heavy atom. The van der Waals surface area contributed by atoms with Crippen LogP contribution in [0.1, 0.15) is 6.92 Å². The Hall–Kier alpha value is -3.03. The molecule has 2 heterocycles. The largest absolute Gasteiger partial charge is 0.482 e. The molecular formula is C15H15N3O5. The van der Waals surface area contributed by atoms with Crippen molar-refractivity contribution in [3.8, 4) is 11.5 Å². The van der Waals surface area contributed by atoms with E-state index in [4.69, 9.17) is 14.6 Å². The van der Waals surface area contributed by atoms with Crippen molar-refractivity contribution < 1.29 is 24.2 Å². The third-order valence-corrected chi connectivity index (χ3v) is 3.29. The summed E-state index contributed by atoms with van der Waals surface area (Å²) in [6, 6.07) is 8.63. The quantitative estimate of drug-likeness (QED) is 0.876. The normalized spacial score (nSPS) is 19.2. The van der Waals surface area contributed by atoms with Gasteiger partial charge in [0, 0.05) is 12.3 Å². The van der Waals surface area contributed by atoms with Gasteiger partial charge in [-0.3, -0.25) is 14.3 Å². The number of amides is 1. The molecule has 1 aliphatic rings. The highest BCUT2D eigenvalue weighted by molar-refractivity contribution is 5.94. The van der Waals surface area contributed by atoms with Crippen molar-refractivity contribution in [2.24, 2.45) is 0 Å². The summed E-state index contributed by atoms with van der Waals surface area (Å²) in [5, 5.41) is 15.3. The predicted octanol–water partition coefficient (Wildman–Crippen LogP) is 1.13. The van der Waals surface area contributed by atoms with Crippen molar-refractivity contribution in [1.82, 2.24) is 9.78 Å². The maximum absolute atomic E-state index is 12.3. The van der Waals surface area contributed by atoms with Gasteiger partial charge in [0.05, 0.1) is 0 Å². The lowest BCUT2D eigenvalue weighted by atomic mass is 10.1. The van der Waals surface area contributed by atoms with Crippen molar-refractivity contribution in [2.75, 3.05) is 5.32 Å². The molecule has 0 bridgehead atoms. The Bertz CT molecular complexity index is 742. The molecule has 0 unspecified atom stereocenters. The van der Waals surface area contributed by atoms with Gasteiger partial charge in [-0.25, -0.2) is 0 Å². The summed E-state index contributed by atoms with van der Waals surface area (Å²) in [6.07, 6.45) is 0.182. The van der Waals surface area contributed by atoms with Crippen LogP contribution < -0.4 is 14.8 Å². The van der Waals surface area contributed by atoms with Crippen LogP contribution in [0.3, 0.4) is 0 Å². The minimum absolute atomic E-state index is 0.255. The number of para-hydroxylation sites is 2. The molecule has 1 amide bonds. The van der Waals surface area contributed by atoms with Gasteiger partial charge >= 0.3 is 5.97 Å². The molecule has 23 heavy (non-hydrogen) atoms. The van der Waals surface area contributed by atoms with Crippen LogP contribution in [0, 0.1) is 0 Å². The number of hydrogen-bond acceptors (Lipinski definition) is 5. The molecule has 0 saturated heterocycles. The van der Waals surface area contributed by atoms with E-state index in [1.165, 1.54) is 16.9 Å². The second-order valence-corrected chi connectivity index (χ2v) is 5.09. The number of carboxylic acid groups (broad SMARTS) is 1. The van der Waals surface area contributed by atoms with Crippen molar-refractivity contribution in [3.63, 3.8) is 0 Å². The van der Waals surface area contributed by atoms with Gasteiger partial charge in [-0.15, -0.1) is 0 Å². The molecule has 1 aromatic heterocycles. The second kappa shape index (κ2) is 5.99. The minimum Gasteiger partial charge on any atom is -0.482 e. The zero-order chi connectivity index (χ0) is 16.4. The van der Waals surface area contributed by atoms with E-state index < -0.39 is 24.1 Å². The highest BCUT2D eigenvalue weighted by Gasteiger charge is 2.34. The molecule has 0 aliphatic carbocycles. The first-order valence-electron chi connectivity index (χ1n) is 7.01. The number of carbonyl (C=O) groups is 2. The molecule has 120 valence electrons. The second-order valence-electron chi connectivity index (χ2n) is 5.09. The summed E-state index contributed by atoms with van der Waals surface area (Å²) in [7, 11) is 0. The zero-order valence-corrected chi connectivity index (χ0v) is 12.3. The highest BCUT2D eigenvalue weighted by atomic mass is 16.6. The summed E-state index contributed by atoms with van der Waals surface area (Å²) in [5.74, 6) is -0.0735. The molecule has 8 heteroatoms. The van der Waals surface area contributed by atoms with Gasteiger partial charge in [-0.2, -0.15) is 5.10 Å². The Balaban J connectivity index is 1.69. The molecule has 0 fully saturated rings. The number of carbonyl (C=O) groups excluding carboxylic acids is 1. The fraction of sp³-hybridized carbons (Fsp3) is 0.267. The SMILES string of the molecule is C[C@H]1Oc2ccccc2O[C@@H]1C(=O)Nc1ccn(CC(=O)O)n1. The van der Waals surface area contributed by atoms with Gasteiger partial charge in [0.15, 0.2) is 17.3 Å². The van der Waals surface area contributed by atoms with Crippen molar-refractivity contribution in [3.05, 3.63) is 36.5 Å². The van der Waals surface area contributed by atoms with Crippen LogP contribution in [0.15, 0.2) is 36.5 Å². The van der Waals surface area contributed by atoms with Crippen LogP contribution in [0.2, 0.25) is 0 Å². The van der Waals surface area contributed by atoms with Gasteiger partial charge in [-0.1, -0.05) is 12.1 Å². The van der Waals surface area contributed by atoms with E-state index in [1.807, 2.05) is 6.07 Å². The zero-order valence-electron chi connectivity index (χ0n) is 12.3.